The first kappa shape index (κ1) is 15.7. The van der Waals surface area contributed by atoms with Crippen LogP contribution in [0.25, 0.3) is 0 Å². The number of nitrogens with zero attached hydrogens (tertiary/aromatic N) is 1. The fraction of sp³-hybridized carbons (Fsp3) is 0.400. The maximum absolute atomic E-state index is 12.4. The van der Waals surface area contributed by atoms with E-state index in [4.69, 9.17) is 0 Å². The van der Waals surface area contributed by atoms with Crippen LogP contribution in [0.5, 0.6) is 0 Å². The summed E-state index contributed by atoms with van der Waals surface area (Å²) in [6.45, 7) is 7.85. The average Bonchev–Trinajstić information content (AvgIpc) is 2.77. The van der Waals surface area contributed by atoms with E-state index < -0.39 is 10.0 Å². The molecule has 0 spiro atoms. The Labute approximate surface area is 125 Å². The van der Waals surface area contributed by atoms with Crippen molar-refractivity contribution in [1.82, 2.24) is 14.9 Å². The van der Waals surface area contributed by atoms with Gasteiger partial charge in [-0.1, -0.05) is 38.1 Å². The number of rotatable bonds is 5. The summed E-state index contributed by atoms with van der Waals surface area (Å²) in [5, 5.41) is 6.64. The van der Waals surface area contributed by atoms with Crippen molar-refractivity contribution >= 4 is 10.0 Å². The summed E-state index contributed by atoms with van der Waals surface area (Å²) in [5.41, 5.74) is 3.19. The highest BCUT2D eigenvalue weighted by atomic mass is 32.2. The van der Waals surface area contributed by atoms with Crippen LogP contribution >= 0.6 is 0 Å². The molecule has 0 amide bonds. The van der Waals surface area contributed by atoms with Crippen LogP contribution in [0.2, 0.25) is 0 Å². The second kappa shape index (κ2) is 5.99. The number of hydrogen-bond donors (Lipinski definition) is 2. The fourth-order valence-electron chi connectivity index (χ4n) is 2.44. The summed E-state index contributed by atoms with van der Waals surface area (Å²) in [5.74, 6) is 0.350. The van der Waals surface area contributed by atoms with Gasteiger partial charge < -0.3 is 0 Å². The van der Waals surface area contributed by atoms with Crippen molar-refractivity contribution in [3.05, 3.63) is 46.8 Å². The Morgan fingerprint density at radius 3 is 2.48 bits per heavy atom. The first-order valence-electron chi connectivity index (χ1n) is 6.92. The summed E-state index contributed by atoms with van der Waals surface area (Å²) < 4.78 is 27.5. The quantitative estimate of drug-likeness (QED) is 0.891. The van der Waals surface area contributed by atoms with E-state index in [2.05, 4.69) is 28.8 Å². The molecule has 0 aliphatic carbocycles. The molecule has 0 atom stereocenters. The number of H-pyrrole nitrogens is 1. The van der Waals surface area contributed by atoms with Gasteiger partial charge in [-0.25, -0.2) is 13.1 Å². The SMILES string of the molecule is Cc1n[nH]c(C)c1S(=O)(=O)NCc1ccccc1C(C)C. The Morgan fingerprint density at radius 1 is 1.24 bits per heavy atom. The standard InChI is InChI=1S/C15H21N3O2S/c1-10(2)14-8-6-5-7-13(14)9-16-21(19,20)15-11(3)17-18-12(15)4/h5-8,10,16H,9H2,1-4H3,(H,17,18). The molecule has 1 aromatic carbocycles. The lowest BCUT2D eigenvalue weighted by atomic mass is 9.97. The average molecular weight is 307 g/mol. The first-order chi connectivity index (χ1) is 9.83. The van der Waals surface area contributed by atoms with Crippen molar-refractivity contribution < 1.29 is 8.42 Å². The Kier molecular flexibility index (Phi) is 4.49. The van der Waals surface area contributed by atoms with Gasteiger partial charge in [0, 0.05) is 6.54 Å². The molecule has 0 aliphatic rings. The van der Waals surface area contributed by atoms with Gasteiger partial charge in [-0.2, -0.15) is 5.10 Å². The van der Waals surface area contributed by atoms with Crippen LogP contribution in [-0.2, 0) is 16.6 Å². The van der Waals surface area contributed by atoms with Crippen LogP contribution < -0.4 is 4.72 Å². The molecule has 5 nitrogen and oxygen atoms in total. The van der Waals surface area contributed by atoms with E-state index in [1.165, 1.54) is 0 Å². The van der Waals surface area contributed by atoms with Crippen molar-refractivity contribution in [3.8, 4) is 0 Å². The van der Waals surface area contributed by atoms with Crippen LogP contribution in [0.15, 0.2) is 29.2 Å². The smallest absolute Gasteiger partial charge is 0.244 e. The van der Waals surface area contributed by atoms with E-state index in [-0.39, 0.29) is 11.4 Å². The van der Waals surface area contributed by atoms with Gasteiger partial charge in [0.25, 0.3) is 0 Å². The molecule has 0 aliphatic heterocycles. The molecular weight excluding hydrogens is 286 g/mol. The summed E-state index contributed by atoms with van der Waals surface area (Å²) in [4.78, 5) is 0.240. The second-order valence-corrected chi connectivity index (χ2v) is 7.15. The van der Waals surface area contributed by atoms with Gasteiger partial charge in [0.15, 0.2) is 0 Å². The maximum atomic E-state index is 12.4. The van der Waals surface area contributed by atoms with E-state index in [0.717, 1.165) is 11.1 Å². The third-order valence-electron chi connectivity index (χ3n) is 3.46. The minimum atomic E-state index is -3.56. The Hall–Kier alpha value is -1.66. The molecule has 0 bridgehead atoms. The van der Waals surface area contributed by atoms with Gasteiger partial charge in [-0.3, -0.25) is 5.10 Å². The molecule has 2 rings (SSSR count). The lowest BCUT2D eigenvalue weighted by molar-refractivity contribution is 0.579. The number of aryl methyl sites for hydroxylation is 2. The maximum Gasteiger partial charge on any atom is 0.244 e. The Balaban J connectivity index is 2.24. The number of aromatic amines is 1. The van der Waals surface area contributed by atoms with Crippen molar-refractivity contribution in [2.45, 2.75) is 45.1 Å². The van der Waals surface area contributed by atoms with Crippen LogP contribution in [0, 0.1) is 13.8 Å². The second-order valence-electron chi connectivity index (χ2n) is 5.44. The molecule has 114 valence electrons. The zero-order valence-electron chi connectivity index (χ0n) is 12.8. The van der Waals surface area contributed by atoms with Gasteiger partial charge in [0.05, 0.1) is 11.4 Å². The summed E-state index contributed by atoms with van der Waals surface area (Å²) >= 11 is 0. The van der Waals surface area contributed by atoms with Crippen LogP contribution in [0.3, 0.4) is 0 Å². The zero-order valence-corrected chi connectivity index (χ0v) is 13.6. The molecule has 1 heterocycles. The number of nitrogens with one attached hydrogen (secondary N) is 2. The third-order valence-corrected chi connectivity index (χ3v) is 5.12. The van der Waals surface area contributed by atoms with Crippen molar-refractivity contribution in [1.29, 1.82) is 0 Å². The topological polar surface area (TPSA) is 74.8 Å². The van der Waals surface area contributed by atoms with E-state index in [9.17, 15) is 8.42 Å². The minimum absolute atomic E-state index is 0.240. The predicted octanol–water partition coefficient (Wildman–Crippen LogP) is 2.63. The molecule has 6 heteroatoms. The van der Waals surface area contributed by atoms with Crippen LogP contribution in [0.4, 0.5) is 0 Å². The highest BCUT2D eigenvalue weighted by Crippen LogP contribution is 2.21. The summed E-state index contributed by atoms with van der Waals surface area (Å²) in [6, 6.07) is 7.87. The number of benzene rings is 1. The molecule has 0 saturated carbocycles. The lowest BCUT2D eigenvalue weighted by Crippen LogP contribution is -2.25. The molecule has 0 fully saturated rings. The molecule has 0 unspecified atom stereocenters. The van der Waals surface area contributed by atoms with Crippen LogP contribution in [0.1, 0.15) is 42.3 Å². The number of hydrogen-bond acceptors (Lipinski definition) is 3. The van der Waals surface area contributed by atoms with Crippen molar-refractivity contribution in [3.63, 3.8) is 0 Å². The van der Waals surface area contributed by atoms with E-state index in [1.807, 2.05) is 24.3 Å². The lowest BCUT2D eigenvalue weighted by Gasteiger charge is -2.13. The molecule has 0 radical (unpaired) electrons. The number of sulfonamides is 1. The van der Waals surface area contributed by atoms with E-state index in [1.54, 1.807) is 13.8 Å². The zero-order chi connectivity index (χ0) is 15.6. The van der Waals surface area contributed by atoms with Gasteiger partial charge in [-0.05, 0) is 30.9 Å². The Bertz CT molecular complexity index is 714. The van der Waals surface area contributed by atoms with Gasteiger partial charge in [-0.15, -0.1) is 0 Å². The van der Waals surface area contributed by atoms with Crippen LogP contribution in [-0.4, -0.2) is 18.6 Å². The summed E-state index contributed by atoms with van der Waals surface area (Å²) in [6.07, 6.45) is 0. The van der Waals surface area contributed by atoms with Crippen molar-refractivity contribution in [2.24, 2.45) is 0 Å². The molecule has 0 saturated heterocycles. The van der Waals surface area contributed by atoms with Crippen molar-refractivity contribution in [2.75, 3.05) is 0 Å². The van der Waals surface area contributed by atoms with Gasteiger partial charge >= 0.3 is 0 Å². The molecule has 21 heavy (non-hydrogen) atoms. The fourth-order valence-corrected chi connectivity index (χ4v) is 3.81. The molecule has 2 aromatic rings. The van der Waals surface area contributed by atoms with E-state index >= 15 is 0 Å². The molecule has 2 N–H and O–H groups in total. The Morgan fingerprint density at radius 2 is 1.90 bits per heavy atom. The normalized spacial score (nSPS) is 12.0. The largest absolute Gasteiger partial charge is 0.281 e. The van der Waals surface area contributed by atoms with Gasteiger partial charge in [0.1, 0.15) is 4.90 Å². The highest BCUT2D eigenvalue weighted by molar-refractivity contribution is 7.89. The molecule has 1 aromatic heterocycles. The highest BCUT2D eigenvalue weighted by Gasteiger charge is 2.22. The molecular formula is C15H21N3O2S. The monoisotopic (exact) mass is 307 g/mol. The third kappa shape index (κ3) is 3.33. The van der Waals surface area contributed by atoms with E-state index in [0.29, 0.717) is 17.3 Å². The number of aromatic nitrogens is 2. The first-order valence-corrected chi connectivity index (χ1v) is 8.40. The predicted molar refractivity (Wildman–Crippen MR) is 82.6 cm³/mol. The summed E-state index contributed by atoms with van der Waals surface area (Å²) in [7, 11) is -3.56. The minimum Gasteiger partial charge on any atom is -0.281 e. The van der Waals surface area contributed by atoms with Gasteiger partial charge in [0.2, 0.25) is 10.0 Å².